The minimum atomic E-state index is -4.56. The van der Waals surface area contributed by atoms with Gasteiger partial charge >= 0.3 is 12.1 Å². The standard InChI is InChI=1S/C28H18F3NO4/c29-28(30,31)21-13-11-20(12-14-21)22-16-24(33)36-27(22)23(15-18-7-3-1-4-8-18)25(34)32(26(27)35)17-19-9-5-2-6-10-19/h1-16H,17H2/b23-15+. The van der Waals surface area contributed by atoms with E-state index in [1.54, 1.807) is 60.7 Å². The predicted molar refractivity (Wildman–Crippen MR) is 125 cm³/mol. The van der Waals surface area contributed by atoms with Gasteiger partial charge in [-0.2, -0.15) is 13.2 Å². The molecule has 2 heterocycles. The number of likely N-dealkylation sites (tertiary alicyclic amines) is 1. The number of amides is 2. The molecule has 1 spiro atoms. The lowest BCUT2D eigenvalue weighted by Gasteiger charge is -2.25. The van der Waals surface area contributed by atoms with Crippen molar-refractivity contribution in [3.05, 3.63) is 119 Å². The summed E-state index contributed by atoms with van der Waals surface area (Å²) in [6.07, 6.45) is -2.03. The van der Waals surface area contributed by atoms with Crippen molar-refractivity contribution >= 4 is 29.4 Å². The van der Waals surface area contributed by atoms with Crippen LogP contribution in [0.5, 0.6) is 0 Å². The molecule has 1 unspecified atom stereocenters. The summed E-state index contributed by atoms with van der Waals surface area (Å²) in [5.74, 6) is -2.30. The number of imide groups is 1. The number of alkyl halides is 3. The number of hydrogen-bond donors (Lipinski definition) is 0. The van der Waals surface area contributed by atoms with Crippen LogP contribution in [-0.4, -0.2) is 28.3 Å². The Balaban J connectivity index is 1.65. The number of halogens is 3. The van der Waals surface area contributed by atoms with Crippen molar-refractivity contribution in [2.75, 3.05) is 0 Å². The first kappa shape index (κ1) is 23.3. The number of benzene rings is 3. The molecule has 36 heavy (non-hydrogen) atoms. The van der Waals surface area contributed by atoms with Gasteiger partial charge in [-0.3, -0.25) is 14.5 Å². The fourth-order valence-corrected chi connectivity index (χ4v) is 4.42. The number of carbonyl (C=O) groups is 3. The molecule has 180 valence electrons. The summed E-state index contributed by atoms with van der Waals surface area (Å²) in [4.78, 5) is 41.0. The van der Waals surface area contributed by atoms with E-state index in [1.807, 2.05) is 0 Å². The molecule has 1 atom stereocenters. The van der Waals surface area contributed by atoms with Crippen LogP contribution in [0.4, 0.5) is 13.2 Å². The number of nitrogens with zero attached hydrogens (tertiary/aromatic N) is 1. The molecule has 0 aromatic heterocycles. The summed E-state index contributed by atoms with van der Waals surface area (Å²) < 4.78 is 44.9. The lowest BCUT2D eigenvalue weighted by Crippen LogP contribution is -2.42. The third kappa shape index (κ3) is 3.90. The van der Waals surface area contributed by atoms with Crippen LogP contribution in [0.2, 0.25) is 0 Å². The van der Waals surface area contributed by atoms with Crippen LogP contribution in [0, 0.1) is 0 Å². The fraction of sp³-hybridized carbons (Fsp3) is 0.107. The zero-order valence-corrected chi connectivity index (χ0v) is 18.7. The Morgan fingerprint density at radius 2 is 1.44 bits per heavy atom. The number of hydrogen-bond acceptors (Lipinski definition) is 4. The number of carbonyl (C=O) groups excluding carboxylic acids is 3. The highest BCUT2D eigenvalue weighted by Gasteiger charge is 2.63. The monoisotopic (exact) mass is 489 g/mol. The third-order valence-corrected chi connectivity index (χ3v) is 6.11. The van der Waals surface area contributed by atoms with Gasteiger partial charge in [0.25, 0.3) is 11.8 Å². The molecule has 1 saturated heterocycles. The zero-order valence-electron chi connectivity index (χ0n) is 18.7. The van der Waals surface area contributed by atoms with Gasteiger partial charge < -0.3 is 4.74 Å². The SMILES string of the molecule is O=C1C=C(c2ccc(C(F)(F)F)cc2)C2(O1)C(=O)N(Cc1ccccc1)C(=O)/C2=C\c1ccccc1. The van der Waals surface area contributed by atoms with Gasteiger partial charge in [0.05, 0.1) is 17.7 Å². The summed E-state index contributed by atoms with van der Waals surface area (Å²) in [7, 11) is 0. The molecular formula is C28H18F3NO4. The van der Waals surface area contributed by atoms with Gasteiger partial charge in [-0.25, -0.2) is 4.79 Å². The van der Waals surface area contributed by atoms with Crippen LogP contribution in [0.3, 0.4) is 0 Å². The molecule has 1 fully saturated rings. The fourth-order valence-electron chi connectivity index (χ4n) is 4.42. The Morgan fingerprint density at radius 1 is 0.833 bits per heavy atom. The summed E-state index contributed by atoms with van der Waals surface area (Å²) in [5, 5.41) is 0. The van der Waals surface area contributed by atoms with Crippen LogP contribution in [0.1, 0.15) is 22.3 Å². The minimum Gasteiger partial charge on any atom is -0.435 e. The number of ether oxygens (including phenoxy) is 1. The Bertz CT molecular complexity index is 1410. The van der Waals surface area contributed by atoms with Crippen molar-refractivity contribution in [1.29, 1.82) is 0 Å². The molecule has 0 bridgehead atoms. The van der Waals surface area contributed by atoms with E-state index in [-0.39, 0.29) is 23.3 Å². The Labute approximate surface area is 204 Å². The summed E-state index contributed by atoms with van der Waals surface area (Å²) in [5.41, 5.74) is -1.65. The average Bonchev–Trinajstić information content (AvgIpc) is 3.31. The van der Waals surface area contributed by atoms with Crippen molar-refractivity contribution in [2.45, 2.75) is 18.3 Å². The first-order valence-corrected chi connectivity index (χ1v) is 11.0. The van der Waals surface area contributed by atoms with E-state index in [4.69, 9.17) is 4.74 Å². The largest absolute Gasteiger partial charge is 0.435 e. The normalized spacial score (nSPS) is 20.9. The Morgan fingerprint density at radius 3 is 2.06 bits per heavy atom. The number of rotatable bonds is 4. The molecule has 3 aromatic rings. The van der Waals surface area contributed by atoms with Crippen molar-refractivity contribution in [3.63, 3.8) is 0 Å². The molecular weight excluding hydrogens is 471 g/mol. The smallest absolute Gasteiger partial charge is 0.416 e. The van der Waals surface area contributed by atoms with E-state index in [2.05, 4.69) is 0 Å². The molecule has 8 heteroatoms. The second-order valence-corrected chi connectivity index (χ2v) is 8.39. The van der Waals surface area contributed by atoms with Crippen molar-refractivity contribution < 1.29 is 32.3 Å². The lowest BCUT2D eigenvalue weighted by molar-refractivity contribution is -0.155. The van der Waals surface area contributed by atoms with E-state index < -0.39 is 35.1 Å². The van der Waals surface area contributed by atoms with Gasteiger partial charge in [0, 0.05) is 11.6 Å². The van der Waals surface area contributed by atoms with Gasteiger partial charge in [-0.05, 0) is 34.9 Å². The average molecular weight is 489 g/mol. The Kier molecular flexibility index (Phi) is 5.59. The summed E-state index contributed by atoms with van der Waals surface area (Å²) in [6, 6.07) is 21.6. The summed E-state index contributed by atoms with van der Waals surface area (Å²) >= 11 is 0. The first-order chi connectivity index (χ1) is 17.2. The van der Waals surface area contributed by atoms with Crippen molar-refractivity contribution in [2.24, 2.45) is 0 Å². The van der Waals surface area contributed by atoms with Crippen LogP contribution in [0.15, 0.2) is 96.6 Å². The highest BCUT2D eigenvalue weighted by atomic mass is 19.4. The maximum atomic E-state index is 13.9. The number of esters is 1. The van der Waals surface area contributed by atoms with Gasteiger partial charge in [-0.1, -0.05) is 72.8 Å². The topological polar surface area (TPSA) is 63.7 Å². The first-order valence-electron chi connectivity index (χ1n) is 11.0. The quantitative estimate of drug-likeness (QED) is 0.293. The second kappa shape index (κ2) is 8.64. The molecule has 2 aliphatic heterocycles. The van der Waals surface area contributed by atoms with E-state index in [0.29, 0.717) is 11.1 Å². The molecule has 0 aliphatic carbocycles. The highest BCUT2D eigenvalue weighted by molar-refractivity contribution is 6.29. The van der Waals surface area contributed by atoms with Gasteiger partial charge in [0.15, 0.2) is 0 Å². The maximum absolute atomic E-state index is 13.9. The van der Waals surface area contributed by atoms with Crippen LogP contribution in [-0.2, 0) is 31.8 Å². The van der Waals surface area contributed by atoms with Gasteiger partial charge in [-0.15, -0.1) is 0 Å². The van der Waals surface area contributed by atoms with Gasteiger partial charge in [0.2, 0.25) is 5.60 Å². The molecule has 0 saturated carbocycles. The van der Waals surface area contributed by atoms with E-state index in [9.17, 15) is 27.6 Å². The zero-order chi connectivity index (χ0) is 25.5. The highest BCUT2D eigenvalue weighted by Crippen LogP contribution is 2.48. The van der Waals surface area contributed by atoms with Crippen LogP contribution >= 0.6 is 0 Å². The molecule has 5 rings (SSSR count). The lowest BCUT2D eigenvalue weighted by atomic mass is 9.83. The van der Waals surface area contributed by atoms with E-state index in [0.717, 1.165) is 35.2 Å². The van der Waals surface area contributed by atoms with Crippen molar-refractivity contribution in [1.82, 2.24) is 4.90 Å². The van der Waals surface area contributed by atoms with Crippen LogP contribution in [0.25, 0.3) is 11.6 Å². The molecule has 0 N–H and O–H groups in total. The van der Waals surface area contributed by atoms with Gasteiger partial charge in [0.1, 0.15) is 0 Å². The molecule has 0 radical (unpaired) electrons. The third-order valence-electron chi connectivity index (χ3n) is 6.11. The molecule has 2 aliphatic rings. The minimum absolute atomic E-state index is 0.0114. The maximum Gasteiger partial charge on any atom is 0.416 e. The predicted octanol–water partition coefficient (Wildman–Crippen LogP) is 5.04. The molecule has 2 amide bonds. The van der Waals surface area contributed by atoms with E-state index >= 15 is 0 Å². The Hall–Kier alpha value is -4.46. The molecule has 3 aromatic carbocycles. The van der Waals surface area contributed by atoms with Crippen LogP contribution < -0.4 is 0 Å². The van der Waals surface area contributed by atoms with E-state index in [1.165, 1.54) is 6.08 Å². The van der Waals surface area contributed by atoms with Crippen molar-refractivity contribution in [3.8, 4) is 0 Å². The second-order valence-electron chi connectivity index (χ2n) is 8.39. The molecule has 5 nitrogen and oxygen atoms in total. The summed E-state index contributed by atoms with van der Waals surface area (Å²) in [6.45, 7) is -0.0652.